The van der Waals surface area contributed by atoms with Crippen LogP contribution in [0.15, 0.2) is 53.9 Å². The third-order valence-corrected chi connectivity index (χ3v) is 12.1. The zero-order chi connectivity index (χ0) is 39.4. The molecule has 56 heavy (non-hydrogen) atoms. The molecule has 4 aromatic rings. The Hall–Kier alpha value is -5.02. The van der Waals surface area contributed by atoms with Crippen molar-refractivity contribution in [3.63, 3.8) is 0 Å². The summed E-state index contributed by atoms with van der Waals surface area (Å²) >= 11 is 6.43. The summed E-state index contributed by atoms with van der Waals surface area (Å²) in [5.74, 6) is 2.90. The van der Waals surface area contributed by atoms with Crippen molar-refractivity contribution < 1.29 is 19.2 Å². The van der Waals surface area contributed by atoms with Crippen molar-refractivity contribution in [2.24, 2.45) is 10.9 Å². The molecule has 2 aromatic heterocycles. The minimum absolute atomic E-state index is 0.0530. The van der Waals surface area contributed by atoms with Crippen LogP contribution in [0, 0.1) is 16.0 Å². The number of aromatic nitrogens is 4. The number of hydrogen-bond donors (Lipinski definition) is 0. The SMILES string of the molecule is COc1cc2c(cc1OC)C1(CCC(C(=O)N3CCN(c4ncnc5c4cnn5Cc4ccccc4Cl)CC3)CC1)N(CCCN=C(C[N+](=O)[O-])N(C)C)CC2. The number of fused-ring (bicyclic) bond motifs is 3. The first kappa shape index (κ1) is 39.2. The summed E-state index contributed by atoms with van der Waals surface area (Å²) in [6.07, 6.45) is 8.30. The van der Waals surface area contributed by atoms with Crippen LogP contribution in [0.4, 0.5) is 5.82 Å². The van der Waals surface area contributed by atoms with Gasteiger partial charge in [0.05, 0.1) is 32.3 Å². The molecule has 2 fully saturated rings. The number of benzene rings is 2. The fourth-order valence-corrected chi connectivity index (χ4v) is 9.00. The van der Waals surface area contributed by atoms with E-state index in [1.54, 1.807) is 39.5 Å². The van der Waals surface area contributed by atoms with Crippen molar-refractivity contribution in [3.8, 4) is 11.5 Å². The number of amides is 1. The van der Waals surface area contributed by atoms with Crippen LogP contribution in [-0.4, -0.2) is 132 Å². The molecule has 0 radical (unpaired) electrons. The van der Waals surface area contributed by atoms with E-state index in [-0.39, 0.29) is 28.8 Å². The van der Waals surface area contributed by atoms with Crippen LogP contribution >= 0.6 is 11.6 Å². The maximum atomic E-state index is 14.1. The number of anilines is 1. The number of amidine groups is 1. The number of nitro groups is 1. The number of aliphatic imine (C=N–C) groups is 1. The number of methoxy groups -OCH3 is 2. The molecular formula is C40H51ClN10O5. The van der Waals surface area contributed by atoms with Gasteiger partial charge in [0.1, 0.15) is 12.1 Å². The molecule has 1 saturated heterocycles. The predicted molar refractivity (Wildman–Crippen MR) is 216 cm³/mol. The third kappa shape index (κ3) is 7.97. The lowest BCUT2D eigenvalue weighted by atomic mass is 9.68. The highest BCUT2D eigenvalue weighted by atomic mass is 35.5. The van der Waals surface area contributed by atoms with Crippen molar-refractivity contribution in [1.29, 1.82) is 0 Å². The number of piperazine rings is 1. The number of rotatable bonds is 12. The molecular weight excluding hydrogens is 736 g/mol. The van der Waals surface area contributed by atoms with Gasteiger partial charge < -0.3 is 24.2 Å². The van der Waals surface area contributed by atoms with Crippen molar-refractivity contribution >= 4 is 40.2 Å². The molecule has 0 bridgehead atoms. The quantitative estimate of drug-likeness (QED) is 0.0644. The summed E-state index contributed by atoms with van der Waals surface area (Å²) in [6.45, 7) is 4.98. The number of halogens is 1. The van der Waals surface area contributed by atoms with E-state index >= 15 is 0 Å². The zero-order valence-electron chi connectivity index (χ0n) is 32.7. The lowest BCUT2D eigenvalue weighted by molar-refractivity contribution is -0.464. The Morgan fingerprint density at radius 1 is 1.05 bits per heavy atom. The Morgan fingerprint density at radius 3 is 2.48 bits per heavy atom. The van der Waals surface area contributed by atoms with Gasteiger partial charge in [0.2, 0.25) is 5.91 Å². The largest absolute Gasteiger partial charge is 0.493 e. The van der Waals surface area contributed by atoms with Gasteiger partial charge in [-0.25, -0.2) is 14.6 Å². The van der Waals surface area contributed by atoms with E-state index in [0.29, 0.717) is 55.9 Å². The Bertz CT molecular complexity index is 2070. The molecule has 16 heteroatoms. The van der Waals surface area contributed by atoms with Gasteiger partial charge in [0.15, 0.2) is 23.0 Å². The summed E-state index contributed by atoms with van der Waals surface area (Å²) in [5, 5.41) is 17.4. The summed E-state index contributed by atoms with van der Waals surface area (Å²) in [5.41, 5.74) is 3.97. The number of ether oxygens (including phenoxy) is 2. The first-order valence-electron chi connectivity index (χ1n) is 19.4. The van der Waals surface area contributed by atoms with Gasteiger partial charge in [-0.3, -0.25) is 24.8 Å². The van der Waals surface area contributed by atoms with Crippen molar-refractivity contribution in [2.75, 3.05) is 85.6 Å². The Labute approximate surface area is 332 Å². The van der Waals surface area contributed by atoms with Crippen LogP contribution in [0.5, 0.6) is 11.5 Å². The summed E-state index contributed by atoms with van der Waals surface area (Å²) in [6, 6.07) is 12.0. The van der Waals surface area contributed by atoms with E-state index in [1.807, 2.05) is 40.0 Å². The molecule has 1 saturated carbocycles. The molecule has 1 aliphatic carbocycles. The number of likely N-dealkylation sites (N-methyl/N-ethyl adjacent to an activating group) is 1. The number of carbonyl (C=O) groups excluding carboxylic acids is 1. The highest BCUT2D eigenvalue weighted by Gasteiger charge is 2.47. The van der Waals surface area contributed by atoms with Crippen molar-refractivity contribution in [2.45, 2.75) is 50.6 Å². The van der Waals surface area contributed by atoms with E-state index in [1.165, 1.54) is 11.1 Å². The lowest BCUT2D eigenvalue weighted by Gasteiger charge is -2.52. The van der Waals surface area contributed by atoms with Gasteiger partial charge in [-0.05, 0) is 73.4 Å². The average molecular weight is 787 g/mol. The van der Waals surface area contributed by atoms with Crippen LogP contribution < -0.4 is 14.4 Å². The van der Waals surface area contributed by atoms with Gasteiger partial charge >= 0.3 is 0 Å². The topological polar surface area (TPSA) is 148 Å². The van der Waals surface area contributed by atoms with E-state index in [9.17, 15) is 14.9 Å². The van der Waals surface area contributed by atoms with Gasteiger partial charge in [0.25, 0.3) is 6.54 Å². The van der Waals surface area contributed by atoms with E-state index in [2.05, 4.69) is 42.0 Å². The lowest BCUT2D eigenvalue weighted by Crippen LogP contribution is -2.55. The van der Waals surface area contributed by atoms with Crippen LogP contribution in [-0.2, 0) is 23.3 Å². The number of carbonyl (C=O) groups is 1. The summed E-state index contributed by atoms with van der Waals surface area (Å²) in [4.78, 5) is 47.3. The Morgan fingerprint density at radius 2 is 1.79 bits per heavy atom. The Balaban J connectivity index is 1.02. The fourth-order valence-electron chi connectivity index (χ4n) is 8.81. The summed E-state index contributed by atoms with van der Waals surface area (Å²) < 4.78 is 13.3. The minimum Gasteiger partial charge on any atom is -0.493 e. The molecule has 1 amide bonds. The molecule has 4 heterocycles. The molecule has 2 aliphatic heterocycles. The second-order valence-corrected chi connectivity index (χ2v) is 15.5. The van der Waals surface area contributed by atoms with Gasteiger partial charge in [0, 0.05) is 81.3 Å². The van der Waals surface area contributed by atoms with Gasteiger partial charge in [-0.1, -0.05) is 29.8 Å². The van der Waals surface area contributed by atoms with Gasteiger partial charge in [-0.2, -0.15) is 5.10 Å². The monoisotopic (exact) mass is 786 g/mol. The predicted octanol–water partition coefficient (Wildman–Crippen LogP) is 4.76. The third-order valence-electron chi connectivity index (χ3n) is 11.8. The second kappa shape index (κ2) is 17.0. The molecule has 15 nitrogen and oxygen atoms in total. The highest BCUT2D eigenvalue weighted by molar-refractivity contribution is 6.31. The first-order valence-corrected chi connectivity index (χ1v) is 19.8. The smallest absolute Gasteiger partial charge is 0.260 e. The van der Waals surface area contributed by atoms with E-state index in [4.69, 9.17) is 21.1 Å². The molecule has 1 spiro atoms. The zero-order valence-corrected chi connectivity index (χ0v) is 33.5. The van der Waals surface area contributed by atoms with Crippen LogP contribution in [0.2, 0.25) is 5.02 Å². The molecule has 0 unspecified atom stereocenters. The maximum Gasteiger partial charge on any atom is 0.260 e. The molecule has 2 aromatic carbocycles. The first-order chi connectivity index (χ1) is 27.1. The number of hydrogen-bond acceptors (Lipinski definition) is 11. The second-order valence-electron chi connectivity index (χ2n) is 15.1. The van der Waals surface area contributed by atoms with Crippen molar-refractivity contribution in [3.05, 3.63) is 80.7 Å². The highest BCUT2D eigenvalue weighted by Crippen LogP contribution is 2.50. The Kier molecular flexibility index (Phi) is 11.9. The minimum atomic E-state index is -0.340. The fraction of sp³-hybridized carbons (Fsp3) is 0.525. The molecule has 298 valence electrons. The normalized spacial score (nSPS) is 20.3. The standard InChI is InChI=1S/C40H51ClN10O5/c1-46(2)36(26-51(53)54)42-15-7-16-49-17-12-29-22-34(55-3)35(56-4)23-32(29)40(49)13-10-28(11-14-40)39(52)48-20-18-47(19-21-48)37-31-24-45-50(38(31)44-27-43-37)25-30-8-5-6-9-33(30)41/h5-6,8-9,22-24,27-28H,7,10-21,25-26H2,1-4H3. The summed E-state index contributed by atoms with van der Waals surface area (Å²) in [7, 11) is 6.91. The van der Waals surface area contributed by atoms with Gasteiger partial charge in [-0.15, -0.1) is 0 Å². The maximum absolute atomic E-state index is 14.1. The van der Waals surface area contributed by atoms with E-state index in [0.717, 1.165) is 79.8 Å². The van der Waals surface area contributed by atoms with Crippen LogP contribution in [0.1, 0.15) is 48.8 Å². The molecule has 0 atom stereocenters. The molecule has 3 aliphatic rings. The van der Waals surface area contributed by atoms with Crippen molar-refractivity contribution in [1.82, 2.24) is 34.4 Å². The van der Waals surface area contributed by atoms with Crippen LogP contribution in [0.3, 0.4) is 0 Å². The molecule has 7 rings (SSSR count). The van der Waals surface area contributed by atoms with E-state index < -0.39 is 0 Å². The van der Waals surface area contributed by atoms with Crippen LogP contribution in [0.25, 0.3) is 11.0 Å². The number of nitrogens with zero attached hydrogens (tertiary/aromatic N) is 10. The molecule has 0 N–H and O–H groups in total. The average Bonchev–Trinajstić information content (AvgIpc) is 3.62.